The first kappa shape index (κ1) is 17.2. The minimum Gasteiger partial charge on any atom is -0.391 e. The monoisotopic (exact) mass is 352 g/mol. The minimum atomic E-state index is -4.49. The van der Waals surface area contributed by atoms with Gasteiger partial charge in [-0.3, -0.25) is 9.59 Å². The number of carbonyl (C=O) groups is 1. The summed E-state index contributed by atoms with van der Waals surface area (Å²) in [7, 11) is 0. The molecule has 0 unspecified atom stereocenters. The molecule has 1 saturated heterocycles. The number of β-amino-alcohol motifs (C(OH)–C–C–N with tert-alkyl or cyclic N) is 1. The SMILES string of the molecule is O=C(c1cc[nH]c(=O)c1)N1C[C@@H](O)C[C@H]1c1cccc(C(F)(F)F)c1. The average Bonchev–Trinajstić information content (AvgIpc) is 2.95. The molecule has 1 aromatic carbocycles. The number of nitrogens with one attached hydrogen (secondary N) is 1. The predicted octanol–water partition coefficient (Wildman–Crippen LogP) is 2.34. The van der Waals surface area contributed by atoms with Gasteiger partial charge in [0.1, 0.15) is 0 Å². The predicted molar refractivity (Wildman–Crippen MR) is 82.9 cm³/mol. The number of halogens is 3. The number of hydrogen-bond acceptors (Lipinski definition) is 3. The lowest BCUT2D eigenvalue weighted by Gasteiger charge is -2.25. The molecule has 0 spiro atoms. The summed E-state index contributed by atoms with van der Waals surface area (Å²) in [4.78, 5) is 27.7. The van der Waals surface area contributed by atoms with Crippen LogP contribution in [0.1, 0.15) is 33.9 Å². The molecule has 1 fully saturated rings. The molecule has 2 N–H and O–H groups in total. The smallest absolute Gasteiger partial charge is 0.391 e. The third-order valence-corrected chi connectivity index (χ3v) is 4.16. The quantitative estimate of drug-likeness (QED) is 0.871. The number of likely N-dealkylation sites (tertiary alicyclic amines) is 1. The number of aliphatic hydroxyl groups excluding tert-OH is 1. The van der Waals surface area contributed by atoms with Crippen molar-refractivity contribution < 1.29 is 23.1 Å². The molecule has 2 atom stereocenters. The van der Waals surface area contributed by atoms with Crippen molar-refractivity contribution in [3.05, 3.63) is 69.6 Å². The highest BCUT2D eigenvalue weighted by Gasteiger charge is 2.37. The Morgan fingerprint density at radius 1 is 1.24 bits per heavy atom. The number of benzene rings is 1. The third kappa shape index (κ3) is 3.58. The topological polar surface area (TPSA) is 73.4 Å². The van der Waals surface area contributed by atoms with Gasteiger partial charge in [-0.15, -0.1) is 0 Å². The number of carbonyl (C=O) groups excluding carboxylic acids is 1. The molecular weight excluding hydrogens is 337 g/mol. The van der Waals surface area contributed by atoms with Crippen LogP contribution in [0.4, 0.5) is 13.2 Å². The van der Waals surface area contributed by atoms with Gasteiger partial charge in [-0.25, -0.2) is 0 Å². The summed E-state index contributed by atoms with van der Waals surface area (Å²) in [6.07, 6.45) is -3.88. The Hall–Kier alpha value is -2.61. The zero-order chi connectivity index (χ0) is 18.2. The number of aromatic amines is 1. The van der Waals surface area contributed by atoms with E-state index in [0.717, 1.165) is 18.2 Å². The fourth-order valence-electron chi connectivity index (χ4n) is 3.02. The molecule has 1 aliphatic heterocycles. The van der Waals surface area contributed by atoms with Crippen molar-refractivity contribution in [3.63, 3.8) is 0 Å². The van der Waals surface area contributed by atoms with Crippen molar-refractivity contribution in [3.8, 4) is 0 Å². The second-order valence-corrected chi connectivity index (χ2v) is 5.93. The standard InChI is InChI=1S/C17H15F3N2O3/c18-17(19,20)12-3-1-2-10(6-12)14-8-13(23)9-22(14)16(25)11-4-5-21-15(24)7-11/h1-7,13-14,23H,8-9H2,(H,21,24)/t13-,14-/m0/s1. The van der Waals surface area contributed by atoms with Crippen molar-refractivity contribution in [2.24, 2.45) is 0 Å². The number of amides is 1. The Labute approximate surface area is 140 Å². The molecule has 0 radical (unpaired) electrons. The molecular formula is C17H15F3N2O3. The summed E-state index contributed by atoms with van der Waals surface area (Å²) >= 11 is 0. The Balaban J connectivity index is 1.95. The zero-order valence-electron chi connectivity index (χ0n) is 13.0. The van der Waals surface area contributed by atoms with Crippen LogP contribution in [0.3, 0.4) is 0 Å². The van der Waals surface area contributed by atoms with Crippen molar-refractivity contribution in [2.45, 2.75) is 24.7 Å². The van der Waals surface area contributed by atoms with Crippen LogP contribution >= 0.6 is 0 Å². The summed E-state index contributed by atoms with van der Waals surface area (Å²) in [5, 5.41) is 9.93. The maximum atomic E-state index is 12.9. The van der Waals surface area contributed by atoms with E-state index in [1.54, 1.807) is 0 Å². The number of alkyl halides is 3. The number of hydrogen-bond donors (Lipinski definition) is 2. The van der Waals surface area contributed by atoms with Gasteiger partial charge in [-0.1, -0.05) is 12.1 Å². The minimum absolute atomic E-state index is 0.00740. The van der Waals surface area contributed by atoms with Crippen LogP contribution in [0.5, 0.6) is 0 Å². The van der Waals surface area contributed by atoms with Gasteiger partial charge in [0, 0.05) is 24.4 Å². The van der Waals surface area contributed by atoms with Crippen LogP contribution in [-0.4, -0.2) is 33.5 Å². The van der Waals surface area contributed by atoms with E-state index in [1.165, 1.54) is 29.3 Å². The van der Waals surface area contributed by atoms with Gasteiger partial charge in [0.25, 0.3) is 5.91 Å². The van der Waals surface area contributed by atoms with E-state index in [1.807, 2.05) is 0 Å². The molecule has 1 aliphatic rings. The van der Waals surface area contributed by atoms with Crippen molar-refractivity contribution >= 4 is 5.91 Å². The van der Waals surface area contributed by atoms with Gasteiger partial charge in [-0.2, -0.15) is 13.2 Å². The van der Waals surface area contributed by atoms with E-state index in [-0.39, 0.29) is 18.5 Å². The highest BCUT2D eigenvalue weighted by atomic mass is 19.4. The lowest BCUT2D eigenvalue weighted by atomic mass is 10.0. The third-order valence-electron chi connectivity index (χ3n) is 4.16. The second kappa shape index (κ2) is 6.36. The molecule has 0 saturated carbocycles. The molecule has 1 aromatic heterocycles. The fourth-order valence-corrected chi connectivity index (χ4v) is 3.02. The first-order valence-corrected chi connectivity index (χ1v) is 7.60. The van der Waals surface area contributed by atoms with Crippen molar-refractivity contribution in [2.75, 3.05) is 6.54 Å². The Kier molecular flexibility index (Phi) is 4.38. The first-order chi connectivity index (χ1) is 11.8. The van der Waals surface area contributed by atoms with Crippen LogP contribution in [0.2, 0.25) is 0 Å². The van der Waals surface area contributed by atoms with E-state index in [4.69, 9.17) is 0 Å². The lowest BCUT2D eigenvalue weighted by molar-refractivity contribution is -0.137. The molecule has 0 bridgehead atoms. The summed E-state index contributed by atoms with van der Waals surface area (Å²) < 4.78 is 38.8. The Bertz CT molecular complexity index is 847. The van der Waals surface area contributed by atoms with Gasteiger partial charge in [0.2, 0.25) is 5.56 Å². The van der Waals surface area contributed by atoms with Gasteiger partial charge >= 0.3 is 6.18 Å². The van der Waals surface area contributed by atoms with E-state index in [9.17, 15) is 27.9 Å². The number of aromatic nitrogens is 1. The lowest BCUT2D eigenvalue weighted by Crippen LogP contribution is -2.32. The van der Waals surface area contributed by atoms with E-state index in [2.05, 4.69) is 4.98 Å². The number of nitrogens with zero attached hydrogens (tertiary/aromatic N) is 1. The van der Waals surface area contributed by atoms with Gasteiger partial charge < -0.3 is 15.0 Å². The number of pyridine rings is 1. The van der Waals surface area contributed by atoms with Crippen LogP contribution in [-0.2, 0) is 6.18 Å². The maximum absolute atomic E-state index is 12.9. The molecule has 1 amide bonds. The number of rotatable bonds is 2. The molecule has 2 aromatic rings. The Morgan fingerprint density at radius 2 is 2.00 bits per heavy atom. The van der Waals surface area contributed by atoms with Crippen molar-refractivity contribution in [1.82, 2.24) is 9.88 Å². The zero-order valence-corrected chi connectivity index (χ0v) is 13.0. The van der Waals surface area contributed by atoms with Crippen LogP contribution in [0, 0.1) is 0 Å². The highest BCUT2D eigenvalue weighted by Crippen LogP contribution is 2.36. The van der Waals surface area contributed by atoms with Gasteiger partial charge in [0.15, 0.2) is 0 Å². The van der Waals surface area contributed by atoms with Crippen LogP contribution in [0.15, 0.2) is 47.4 Å². The normalized spacial score (nSPS) is 20.7. The van der Waals surface area contributed by atoms with E-state index in [0.29, 0.717) is 5.56 Å². The summed E-state index contributed by atoms with van der Waals surface area (Å²) in [5.41, 5.74) is -0.851. The summed E-state index contributed by atoms with van der Waals surface area (Å²) in [6.45, 7) is -0.00740. The maximum Gasteiger partial charge on any atom is 0.416 e. The second-order valence-electron chi connectivity index (χ2n) is 5.93. The Morgan fingerprint density at radius 3 is 2.68 bits per heavy atom. The van der Waals surface area contributed by atoms with Gasteiger partial charge in [0.05, 0.1) is 17.7 Å². The molecule has 3 rings (SSSR count). The first-order valence-electron chi connectivity index (χ1n) is 7.60. The number of aliphatic hydroxyl groups is 1. The molecule has 2 heterocycles. The highest BCUT2D eigenvalue weighted by molar-refractivity contribution is 5.94. The van der Waals surface area contributed by atoms with E-state index >= 15 is 0 Å². The number of H-pyrrole nitrogens is 1. The molecule has 5 nitrogen and oxygen atoms in total. The molecule has 0 aliphatic carbocycles. The van der Waals surface area contributed by atoms with Crippen LogP contribution < -0.4 is 5.56 Å². The largest absolute Gasteiger partial charge is 0.416 e. The molecule has 8 heteroatoms. The fraction of sp³-hybridized carbons (Fsp3) is 0.294. The van der Waals surface area contributed by atoms with E-state index < -0.39 is 35.4 Å². The van der Waals surface area contributed by atoms with Crippen molar-refractivity contribution in [1.29, 1.82) is 0 Å². The van der Waals surface area contributed by atoms with Crippen LogP contribution in [0.25, 0.3) is 0 Å². The summed E-state index contributed by atoms with van der Waals surface area (Å²) in [6, 6.07) is 6.56. The van der Waals surface area contributed by atoms with Gasteiger partial charge in [-0.05, 0) is 30.2 Å². The molecule has 132 valence electrons. The molecule has 25 heavy (non-hydrogen) atoms. The summed E-state index contributed by atoms with van der Waals surface area (Å²) in [5.74, 6) is -0.509. The average molecular weight is 352 g/mol.